The summed E-state index contributed by atoms with van der Waals surface area (Å²) in [7, 11) is 0. The molecule has 0 amide bonds. The number of carbonyl (C=O) groups is 1. The molecule has 0 spiro atoms. The molecule has 1 N–H and O–H groups in total. The van der Waals surface area contributed by atoms with Crippen LogP contribution in [0.5, 0.6) is 0 Å². The monoisotopic (exact) mass is 329 g/mol. The van der Waals surface area contributed by atoms with E-state index in [0.717, 1.165) is 15.6 Å². The number of rotatable bonds is 4. The molecule has 0 saturated heterocycles. The van der Waals surface area contributed by atoms with Crippen LogP contribution < -0.4 is 0 Å². The van der Waals surface area contributed by atoms with E-state index in [1.165, 1.54) is 0 Å². The number of halogens is 1. The molecule has 0 fully saturated rings. The fourth-order valence-electron chi connectivity index (χ4n) is 2.10. The van der Waals surface area contributed by atoms with Gasteiger partial charge in [0.2, 0.25) is 0 Å². The highest BCUT2D eigenvalue weighted by Gasteiger charge is 2.12. The Balaban J connectivity index is 1.70. The zero-order valence-corrected chi connectivity index (χ0v) is 13.1. The molecule has 0 bridgehead atoms. The maximum absolute atomic E-state index is 11.9. The average molecular weight is 330 g/mol. The molecule has 0 aliphatic rings. The lowest BCUT2D eigenvalue weighted by Crippen LogP contribution is -2.14. The van der Waals surface area contributed by atoms with Gasteiger partial charge in [0.1, 0.15) is 6.61 Å². The molecule has 22 heavy (non-hydrogen) atoms. The van der Waals surface area contributed by atoms with Gasteiger partial charge in [-0.3, -0.25) is 0 Å². The second kappa shape index (κ2) is 6.30. The number of nitrogens with one attached hydrogen (secondary N) is 1. The number of thiophene rings is 1. The summed E-state index contributed by atoms with van der Waals surface area (Å²) >= 11 is 7.36. The molecule has 2 aromatic carbocycles. The zero-order chi connectivity index (χ0) is 15.5. The van der Waals surface area contributed by atoms with Crippen LogP contribution in [-0.2, 0) is 4.74 Å². The molecule has 5 heteroatoms. The Kier molecular flexibility index (Phi) is 4.22. The van der Waals surface area contributed by atoms with Gasteiger partial charge in [0.25, 0.3) is 0 Å². The number of hydrogen-bond donors (Lipinski definition) is 1. The van der Waals surface area contributed by atoms with E-state index < -0.39 is 5.97 Å². The molecule has 110 valence electrons. The summed E-state index contributed by atoms with van der Waals surface area (Å²) < 4.78 is 6.32. The van der Waals surface area contributed by atoms with Crippen LogP contribution >= 0.6 is 22.9 Å². The normalized spacial score (nSPS) is 10.6. The van der Waals surface area contributed by atoms with Crippen molar-refractivity contribution in [3.05, 3.63) is 70.1 Å². The van der Waals surface area contributed by atoms with Gasteiger partial charge in [-0.05, 0) is 30.3 Å². The number of ether oxygens (including phenoxy) is 1. The zero-order valence-electron chi connectivity index (χ0n) is 11.5. The highest BCUT2D eigenvalue weighted by atomic mass is 35.5. The van der Waals surface area contributed by atoms with Crippen molar-refractivity contribution in [2.75, 3.05) is 6.61 Å². The first-order valence-electron chi connectivity index (χ1n) is 6.62. The van der Waals surface area contributed by atoms with Crippen LogP contribution in [0.2, 0.25) is 5.02 Å². The summed E-state index contributed by atoms with van der Waals surface area (Å²) in [5.41, 5.74) is 1.52. The standard InChI is InChI=1S/C17H12ClNO2S/c18-12-7-5-11(6-8-12)17(20)21-9-15(19)14-10-22-16-4-2-1-3-13(14)16/h1-8,10,19H,9H2. The molecular weight excluding hydrogens is 318 g/mol. The molecular formula is C17H12ClNO2S. The number of carbonyl (C=O) groups excluding carboxylic acids is 1. The van der Waals surface area contributed by atoms with E-state index in [0.29, 0.717) is 16.3 Å². The van der Waals surface area contributed by atoms with Crippen LogP contribution in [0.15, 0.2) is 53.9 Å². The van der Waals surface area contributed by atoms with Gasteiger partial charge in [-0.25, -0.2) is 4.79 Å². The van der Waals surface area contributed by atoms with Gasteiger partial charge in [-0.1, -0.05) is 29.8 Å². The summed E-state index contributed by atoms with van der Waals surface area (Å²) in [6.45, 7) is -0.0534. The van der Waals surface area contributed by atoms with Crippen molar-refractivity contribution in [3.8, 4) is 0 Å². The maximum atomic E-state index is 11.9. The lowest BCUT2D eigenvalue weighted by atomic mass is 10.1. The maximum Gasteiger partial charge on any atom is 0.338 e. The van der Waals surface area contributed by atoms with Gasteiger partial charge in [-0.2, -0.15) is 0 Å². The predicted molar refractivity (Wildman–Crippen MR) is 90.4 cm³/mol. The van der Waals surface area contributed by atoms with Gasteiger partial charge in [-0.15, -0.1) is 11.3 Å². The Morgan fingerprint density at radius 2 is 1.86 bits per heavy atom. The molecule has 0 aliphatic carbocycles. The Bertz CT molecular complexity index is 839. The highest BCUT2D eigenvalue weighted by molar-refractivity contribution is 7.17. The van der Waals surface area contributed by atoms with Crippen molar-refractivity contribution < 1.29 is 9.53 Å². The Morgan fingerprint density at radius 3 is 2.64 bits per heavy atom. The van der Waals surface area contributed by atoms with Gasteiger partial charge >= 0.3 is 5.97 Å². The van der Waals surface area contributed by atoms with E-state index in [-0.39, 0.29) is 6.61 Å². The quantitative estimate of drug-likeness (QED) is 0.553. The van der Waals surface area contributed by atoms with Crippen molar-refractivity contribution in [2.45, 2.75) is 0 Å². The topological polar surface area (TPSA) is 50.1 Å². The Morgan fingerprint density at radius 1 is 1.14 bits per heavy atom. The van der Waals surface area contributed by atoms with E-state index in [9.17, 15) is 4.79 Å². The van der Waals surface area contributed by atoms with Crippen LogP contribution in [0, 0.1) is 5.41 Å². The molecule has 0 atom stereocenters. The molecule has 0 radical (unpaired) electrons. The summed E-state index contributed by atoms with van der Waals surface area (Å²) in [6.07, 6.45) is 0. The van der Waals surface area contributed by atoms with Crippen molar-refractivity contribution in [3.63, 3.8) is 0 Å². The Hall–Kier alpha value is -2.17. The van der Waals surface area contributed by atoms with Crippen molar-refractivity contribution in [1.29, 1.82) is 5.41 Å². The molecule has 3 aromatic rings. The predicted octanol–water partition coefficient (Wildman–Crippen LogP) is 4.78. The number of benzene rings is 2. The summed E-state index contributed by atoms with van der Waals surface area (Å²) in [4.78, 5) is 11.9. The molecule has 0 saturated carbocycles. The third kappa shape index (κ3) is 3.03. The van der Waals surface area contributed by atoms with E-state index in [1.807, 2.05) is 29.6 Å². The van der Waals surface area contributed by atoms with Crippen LogP contribution in [0.1, 0.15) is 15.9 Å². The number of hydrogen-bond acceptors (Lipinski definition) is 4. The third-order valence-corrected chi connectivity index (χ3v) is 4.45. The van der Waals surface area contributed by atoms with E-state index in [1.54, 1.807) is 35.6 Å². The minimum Gasteiger partial charge on any atom is -0.456 e. The fourth-order valence-corrected chi connectivity index (χ4v) is 3.20. The Labute approximate surface area is 136 Å². The smallest absolute Gasteiger partial charge is 0.338 e. The van der Waals surface area contributed by atoms with Gasteiger partial charge < -0.3 is 10.1 Å². The molecule has 1 aromatic heterocycles. The molecule has 3 rings (SSSR count). The van der Waals surface area contributed by atoms with Crippen LogP contribution in [0.4, 0.5) is 0 Å². The van der Waals surface area contributed by atoms with Crippen molar-refractivity contribution in [1.82, 2.24) is 0 Å². The first-order chi connectivity index (χ1) is 10.6. The van der Waals surface area contributed by atoms with E-state index in [4.69, 9.17) is 21.7 Å². The first kappa shape index (κ1) is 14.8. The third-order valence-electron chi connectivity index (χ3n) is 3.23. The summed E-state index contributed by atoms with van der Waals surface area (Å²) in [5, 5.41) is 11.6. The first-order valence-corrected chi connectivity index (χ1v) is 7.87. The van der Waals surface area contributed by atoms with E-state index in [2.05, 4.69) is 0 Å². The van der Waals surface area contributed by atoms with Crippen LogP contribution in [0.3, 0.4) is 0 Å². The molecule has 3 nitrogen and oxygen atoms in total. The molecule has 1 heterocycles. The molecule has 0 unspecified atom stereocenters. The van der Waals surface area contributed by atoms with Gasteiger partial charge in [0.05, 0.1) is 11.3 Å². The lowest BCUT2D eigenvalue weighted by Gasteiger charge is -2.06. The highest BCUT2D eigenvalue weighted by Crippen LogP contribution is 2.26. The number of fused-ring (bicyclic) bond motifs is 1. The van der Waals surface area contributed by atoms with Crippen molar-refractivity contribution in [2.24, 2.45) is 0 Å². The van der Waals surface area contributed by atoms with Crippen LogP contribution in [-0.4, -0.2) is 18.3 Å². The van der Waals surface area contributed by atoms with Gasteiger partial charge in [0.15, 0.2) is 0 Å². The van der Waals surface area contributed by atoms with Gasteiger partial charge in [0, 0.05) is 26.1 Å². The number of esters is 1. The minimum atomic E-state index is -0.457. The fraction of sp³-hybridized carbons (Fsp3) is 0.0588. The summed E-state index contributed by atoms with van der Waals surface area (Å²) in [6, 6.07) is 14.4. The molecule has 0 aliphatic heterocycles. The lowest BCUT2D eigenvalue weighted by molar-refractivity contribution is 0.0563. The van der Waals surface area contributed by atoms with Crippen LogP contribution in [0.25, 0.3) is 10.1 Å². The average Bonchev–Trinajstić information content (AvgIpc) is 2.97. The van der Waals surface area contributed by atoms with E-state index >= 15 is 0 Å². The summed E-state index contributed by atoms with van der Waals surface area (Å²) in [5.74, 6) is -0.457. The second-order valence-corrected chi connectivity index (χ2v) is 6.05. The second-order valence-electron chi connectivity index (χ2n) is 4.71. The largest absolute Gasteiger partial charge is 0.456 e. The SMILES string of the molecule is N=C(COC(=O)c1ccc(Cl)cc1)c1csc2ccccc12. The van der Waals surface area contributed by atoms with Crippen molar-refractivity contribution >= 4 is 44.7 Å². The minimum absolute atomic E-state index is 0.0534.